The largest absolute Gasteiger partial charge is 0.484 e. The Labute approximate surface area is 127 Å². The Balaban J connectivity index is 2.47. The summed E-state index contributed by atoms with van der Waals surface area (Å²) in [5.74, 6) is 0.531. The number of hydrogen-bond donors (Lipinski definition) is 2. The molecule has 4 nitrogen and oxygen atoms in total. The van der Waals surface area contributed by atoms with Gasteiger partial charge < -0.3 is 15.2 Å². The molecule has 0 saturated carbocycles. The molecule has 0 aliphatic heterocycles. The van der Waals surface area contributed by atoms with Gasteiger partial charge in [-0.3, -0.25) is 4.79 Å². The van der Waals surface area contributed by atoms with Crippen LogP contribution in [0.3, 0.4) is 0 Å². The summed E-state index contributed by atoms with van der Waals surface area (Å²) in [6.45, 7) is 10.3. The molecule has 1 aromatic rings. The first-order chi connectivity index (χ1) is 9.74. The first-order valence-electron chi connectivity index (χ1n) is 7.37. The number of amides is 1. The molecular formula is C17H27NO3. The second kappa shape index (κ2) is 7.46. The molecule has 0 heterocycles. The number of aliphatic hydroxyl groups excluding tert-OH is 1. The molecule has 0 aliphatic rings. The summed E-state index contributed by atoms with van der Waals surface area (Å²) in [5, 5.41) is 11.8. The lowest BCUT2D eigenvalue weighted by Gasteiger charge is -2.20. The summed E-state index contributed by atoms with van der Waals surface area (Å²) in [4.78, 5) is 11.8. The Kier molecular flexibility index (Phi) is 6.21. The third kappa shape index (κ3) is 5.76. The minimum Gasteiger partial charge on any atom is -0.484 e. The molecule has 1 amide bonds. The van der Waals surface area contributed by atoms with Gasteiger partial charge in [0, 0.05) is 12.6 Å². The van der Waals surface area contributed by atoms with Crippen LogP contribution in [0.15, 0.2) is 24.3 Å². The smallest absolute Gasteiger partial charge is 0.258 e. The summed E-state index contributed by atoms with van der Waals surface area (Å²) in [6, 6.07) is 7.73. The molecule has 118 valence electrons. The van der Waals surface area contributed by atoms with Crippen LogP contribution in [-0.2, 0) is 10.2 Å². The van der Waals surface area contributed by atoms with Crippen LogP contribution in [0.4, 0.5) is 0 Å². The van der Waals surface area contributed by atoms with E-state index >= 15 is 0 Å². The maximum Gasteiger partial charge on any atom is 0.258 e. The van der Waals surface area contributed by atoms with Gasteiger partial charge in [0.1, 0.15) is 5.75 Å². The molecule has 2 atom stereocenters. The van der Waals surface area contributed by atoms with E-state index in [4.69, 9.17) is 9.84 Å². The van der Waals surface area contributed by atoms with E-state index in [1.165, 1.54) is 5.56 Å². The highest BCUT2D eigenvalue weighted by atomic mass is 16.5. The highest BCUT2D eigenvalue weighted by molar-refractivity contribution is 5.77. The Morgan fingerprint density at radius 1 is 1.24 bits per heavy atom. The van der Waals surface area contributed by atoms with Crippen molar-refractivity contribution in [2.24, 2.45) is 5.92 Å². The fraction of sp³-hybridized carbons (Fsp3) is 0.588. The van der Waals surface area contributed by atoms with Crippen molar-refractivity contribution in [1.82, 2.24) is 5.32 Å². The average Bonchev–Trinajstić information content (AvgIpc) is 2.43. The van der Waals surface area contributed by atoms with Crippen LogP contribution >= 0.6 is 0 Å². The molecular weight excluding hydrogens is 266 g/mol. The molecule has 2 unspecified atom stereocenters. The van der Waals surface area contributed by atoms with Crippen molar-refractivity contribution < 1.29 is 14.6 Å². The van der Waals surface area contributed by atoms with Crippen molar-refractivity contribution in [3.05, 3.63) is 29.8 Å². The zero-order valence-corrected chi connectivity index (χ0v) is 13.6. The van der Waals surface area contributed by atoms with E-state index in [0.29, 0.717) is 5.75 Å². The number of carbonyl (C=O) groups is 1. The molecule has 0 saturated heterocycles. The second-order valence-electron chi connectivity index (χ2n) is 6.58. The van der Waals surface area contributed by atoms with Crippen LogP contribution in [0.25, 0.3) is 0 Å². The van der Waals surface area contributed by atoms with E-state index in [9.17, 15) is 4.79 Å². The Bertz CT molecular complexity index is 448. The van der Waals surface area contributed by atoms with E-state index in [1.54, 1.807) is 0 Å². The first-order valence-corrected chi connectivity index (χ1v) is 7.37. The highest BCUT2D eigenvalue weighted by Crippen LogP contribution is 2.24. The van der Waals surface area contributed by atoms with Crippen LogP contribution < -0.4 is 10.1 Å². The number of carbonyl (C=O) groups excluding carboxylic acids is 1. The number of ether oxygens (including phenoxy) is 1. The highest BCUT2D eigenvalue weighted by Gasteiger charge is 2.15. The summed E-state index contributed by atoms with van der Waals surface area (Å²) >= 11 is 0. The summed E-state index contributed by atoms with van der Waals surface area (Å²) in [6.07, 6.45) is 0. The molecule has 4 heteroatoms. The number of aliphatic hydroxyl groups is 1. The lowest BCUT2D eigenvalue weighted by atomic mass is 9.87. The summed E-state index contributed by atoms with van der Waals surface area (Å²) < 4.78 is 5.48. The monoisotopic (exact) mass is 293 g/mol. The van der Waals surface area contributed by atoms with Crippen molar-refractivity contribution >= 4 is 5.91 Å². The fourth-order valence-corrected chi connectivity index (χ4v) is 1.80. The first kappa shape index (κ1) is 17.5. The quantitative estimate of drug-likeness (QED) is 0.847. The predicted octanol–water partition coefficient (Wildman–Crippen LogP) is 2.50. The van der Waals surface area contributed by atoms with E-state index in [1.807, 2.05) is 38.1 Å². The van der Waals surface area contributed by atoms with E-state index in [2.05, 4.69) is 26.1 Å². The van der Waals surface area contributed by atoms with Crippen molar-refractivity contribution in [3.63, 3.8) is 0 Å². The Morgan fingerprint density at radius 2 is 1.81 bits per heavy atom. The molecule has 0 aliphatic carbocycles. The van der Waals surface area contributed by atoms with Crippen molar-refractivity contribution in [1.29, 1.82) is 0 Å². The normalized spacial score (nSPS) is 14.4. The second-order valence-corrected chi connectivity index (χ2v) is 6.58. The van der Waals surface area contributed by atoms with Gasteiger partial charge in [-0.15, -0.1) is 0 Å². The Hall–Kier alpha value is -1.55. The zero-order valence-electron chi connectivity index (χ0n) is 13.6. The fourth-order valence-electron chi connectivity index (χ4n) is 1.80. The predicted molar refractivity (Wildman–Crippen MR) is 84.5 cm³/mol. The molecule has 2 N–H and O–H groups in total. The van der Waals surface area contributed by atoms with E-state index in [0.717, 1.165) is 0 Å². The van der Waals surface area contributed by atoms with E-state index < -0.39 is 0 Å². The van der Waals surface area contributed by atoms with Crippen molar-refractivity contribution in [2.45, 2.75) is 46.1 Å². The minimum atomic E-state index is -0.178. The summed E-state index contributed by atoms with van der Waals surface area (Å²) in [5.41, 5.74) is 1.33. The van der Waals surface area contributed by atoms with Gasteiger partial charge in [0.2, 0.25) is 0 Å². The molecule has 0 aromatic heterocycles. The van der Waals surface area contributed by atoms with Gasteiger partial charge in [-0.2, -0.15) is 0 Å². The van der Waals surface area contributed by atoms with Crippen molar-refractivity contribution in [3.8, 4) is 5.75 Å². The van der Waals surface area contributed by atoms with Crippen LogP contribution in [0.2, 0.25) is 0 Å². The van der Waals surface area contributed by atoms with Gasteiger partial charge in [-0.05, 0) is 36.0 Å². The molecule has 21 heavy (non-hydrogen) atoms. The van der Waals surface area contributed by atoms with Gasteiger partial charge in [-0.1, -0.05) is 39.8 Å². The van der Waals surface area contributed by atoms with Crippen LogP contribution in [-0.4, -0.2) is 30.3 Å². The van der Waals surface area contributed by atoms with Crippen LogP contribution in [0.1, 0.15) is 40.2 Å². The molecule has 0 spiro atoms. The third-order valence-corrected chi connectivity index (χ3v) is 3.62. The lowest BCUT2D eigenvalue weighted by Crippen LogP contribution is -2.40. The topological polar surface area (TPSA) is 58.6 Å². The number of nitrogens with one attached hydrogen (secondary N) is 1. The van der Waals surface area contributed by atoms with Gasteiger partial charge in [0.15, 0.2) is 6.61 Å². The Morgan fingerprint density at radius 3 is 2.29 bits per heavy atom. The maximum absolute atomic E-state index is 11.8. The lowest BCUT2D eigenvalue weighted by molar-refractivity contribution is -0.124. The number of rotatable bonds is 6. The van der Waals surface area contributed by atoms with Gasteiger partial charge in [-0.25, -0.2) is 0 Å². The SMILES string of the molecule is CC(CO)C(C)NC(=O)COc1ccc(C(C)(C)C)cc1. The van der Waals surface area contributed by atoms with Crippen molar-refractivity contribution in [2.75, 3.05) is 13.2 Å². The molecule has 0 bridgehead atoms. The molecule has 1 rings (SSSR count). The molecule has 0 radical (unpaired) electrons. The number of benzene rings is 1. The van der Waals surface area contributed by atoms with Crippen LogP contribution in [0, 0.1) is 5.92 Å². The number of hydrogen-bond acceptors (Lipinski definition) is 3. The van der Waals surface area contributed by atoms with Gasteiger partial charge in [0.25, 0.3) is 5.91 Å². The van der Waals surface area contributed by atoms with Gasteiger partial charge >= 0.3 is 0 Å². The molecule has 1 aromatic carbocycles. The maximum atomic E-state index is 11.8. The van der Waals surface area contributed by atoms with E-state index in [-0.39, 0.29) is 36.5 Å². The zero-order chi connectivity index (χ0) is 16.0. The summed E-state index contributed by atoms with van der Waals surface area (Å²) in [7, 11) is 0. The molecule has 0 fully saturated rings. The standard InChI is InChI=1S/C17H27NO3/c1-12(10-19)13(2)18-16(20)11-21-15-8-6-14(7-9-15)17(3,4)5/h6-9,12-13,19H,10-11H2,1-5H3,(H,18,20). The minimum absolute atomic E-state index is 0.0165. The van der Waals surface area contributed by atoms with Gasteiger partial charge in [0.05, 0.1) is 0 Å². The van der Waals surface area contributed by atoms with Crippen LogP contribution in [0.5, 0.6) is 5.75 Å². The third-order valence-electron chi connectivity index (χ3n) is 3.62. The average molecular weight is 293 g/mol.